The molecule has 1 aliphatic rings. The van der Waals surface area contributed by atoms with Gasteiger partial charge in [-0.25, -0.2) is 16.8 Å². The third-order valence-electron chi connectivity index (χ3n) is 6.65. The van der Waals surface area contributed by atoms with Gasteiger partial charge >= 0.3 is 0 Å². The lowest BCUT2D eigenvalue weighted by molar-refractivity contribution is 0.204. The summed E-state index contributed by atoms with van der Waals surface area (Å²) in [5.74, 6) is 0. The first-order valence-electron chi connectivity index (χ1n) is 12.6. The molecule has 1 saturated heterocycles. The van der Waals surface area contributed by atoms with Crippen LogP contribution < -0.4 is 0 Å². The fourth-order valence-electron chi connectivity index (χ4n) is 4.48. The van der Waals surface area contributed by atoms with Crippen molar-refractivity contribution in [3.05, 3.63) is 95.6 Å². The first-order chi connectivity index (χ1) is 17.7. The summed E-state index contributed by atoms with van der Waals surface area (Å²) in [4.78, 5) is 2.61. The smallest absolute Gasteiger partial charge is 0.244 e. The molecule has 37 heavy (non-hydrogen) atoms. The van der Waals surface area contributed by atoms with Crippen molar-refractivity contribution in [1.29, 1.82) is 0 Å². The molecular formula is C28H35N3O4S2. The summed E-state index contributed by atoms with van der Waals surface area (Å²) in [6.45, 7) is 6.21. The van der Waals surface area contributed by atoms with Crippen molar-refractivity contribution in [1.82, 2.24) is 13.5 Å². The highest BCUT2D eigenvalue weighted by Gasteiger charge is 2.32. The zero-order valence-electron chi connectivity index (χ0n) is 21.5. The highest BCUT2D eigenvalue weighted by Crippen LogP contribution is 2.23. The molecule has 0 unspecified atom stereocenters. The van der Waals surface area contributed by atoms with E-state index >= 15 is 0 Å². The molecular weight excluding hydrogens is 506 g/mol. The van der Waals surface area contributed by atoms with Gasteiger partial charge in [-0.05, 0) is 69.6 Å². The molecule has 198 valence electrons. The largest absolute Gasteiger partial charge is 0.299 e. The van der Waals surface area contributed by atoms with Gasteiger partial charge in [0.1, 0.15) is 0 Å². The normalized spacial score (nSPS) is 17.5. The molecule has 0 atom stereocenters. The summed E-state index contributed by atoms with van der Waals surface area (Å²) in [7, 11) is -7.79. The van der Waals surface area contributed by atoms with E-state index in [9.17, 15) is 16.8 Å². The summed E-state index contributed by atoms with van der Waals surface area (Å²) in [6, 6.07) is 23.5. The second-order valence-electron chi connectivity index (χ2n) is 9.60. The predicted molar refractivity (Wildman–Crippen MR) is 146 cm³/mol. The van der Waals surface area contributed by atoms with E-state index in [2.05, 4.69) is 17.0 Å². The third-order valence-corrected chi connectivity index (χ3v) is 10.3. The average molecular weight is 542 g/mol. The van der Waals surface area contributed by atoms with Crippen molar-refractivity contribution in [2.75, 3.05) is 32.8 Å². The second-order valence-corrected chi connectivity index (χ2v) is 13.5. The van der Waals surface area contributed by atoms with Crippen molar-refractivity contribution in [3.63, 3.8) is 0 Å². The van der Waals surface area contributed by atoms with Crippen LogP contribution in [0.4, 0.5) is 0 Å². The summed E-state index contributed by atoms with van der Waals surface area (Å²) >= 11 is 0. The predicted octanol–water partition coefficient (Wildman–Crippen LogP) is 4.24. The zero-order valence-corrected chi connectivity index (χ0v) is 23.1. The van der Waals surface area contributed by atoms with Gasteiger partial charge < -0.3 is 0 Å². The van der Waals surface area contributed by atoms with Crippen molar-refractivity contribution in [2.24, 2.45) is 0 Å². The minimum atomic E-state index is -3.90. The summed E-state index contributed by atoms with van der Waals surface area (Å²) in [6.07, 6.45) is 1.19. The minimum absolute atomic E-state index is 0.170. The molecule has 1 aliphatic heterocycles. The van der Waals surface area contributed by atoms with Gasteiger partial charge in [-0.2, -0.15) is 8.61 Å². The van der Waals surface area contributed by atoms with Crippen LogP contribution in [0.1, 0.15) is 29.5 Å². The van der Waals surface area contributed by atoms with Crippen LogP contribution in [0.2, 0.25) is 0 Å². The molecule has 3 aromatic rings. The van der Waals surface area contributed by atoms with Gasteiger partial charge in [-0.1, -0.05) is 65.7 Å². The van der Waals surface area contributed by atoms with E-state index < -0.39 is 20.0 Å². The van der Waals surface area contributed by atoms with Gasteiger partial charge in [0.25, 0.3) is 0 Å². The van der Waals surface area contributed by atoms with E-state index in [0.29, 0.717) is 12.8 Å². The van der Waals surface area contributed by atoms with Crippen LogP contribution in [0.25, 0.3) is 0 Å². The minimum Gasteiger partial charge on any atom is -0.299 e. The van der Waals surface area contributed by atoms with E-state index in [1.165, 1.54) is 14.2 Å². The second kappa shape index (κ2) is 11.9. The Morgan fingerprint density at radius 3 is 1.46 bits per heavy atom. The van der Waals surface area contributed by atoms with Crippen LogP contribution >= 0.6 is 0 Å². The highest BCUT2D eigenvalue weighted by atomic mass is 32.2. The van der Waals surface area contributed by atoms with Gasteiger partial charge in [0.05, 0.1) is 16.5 Å². The Kier molecular flexibility index (Phi) is 8.82. The van der Waals surface area contributed by atoms with Crippen molar-refractivity contribution in [3.8, 4) is 0 Å². The number of hydrogen-bond acceptors (Lipinski definition) is 5. The van der Waals surface area contributed by atoms with Gasteiger partial charge in [-0.15, -0.1) is 0 Å². The summed E-state index contributed by atoms with van der Waals surface area (Å²) in [5, 5.41) is 0. The highest BCUT2D eigenvalue weighted by molar-refractivity contribution is 7.90. The van der Waals surface area contributed by atoms with Crippen LogP contribution in [0.15, 0.2) is 88.7 Å². The first kappa shape index (κ1) is 27.5. The molecule has 0 aromatic heterocycles. The molecule has 0 saturated carbocycles. The fraction of sp³-hybridized carbons (Fsp3) is 0.357. The Bertz CT molecular complexity index is 1290. The number of nitrogens with zero attached hydrogens (tertiary/aromatic N) is 3. The van der Waals surface area contributed by atoms with Gasteiger partial charge in [0.15, 0.2) is 0 Å². The maximum absolute atomic E-state index is 13.7. The lowest BCUT2D eigenvalue weighted by Crippen LogP contribution is -2.47. The van der Waals surface area contributed by atoms with E-state index in [-0.39, 0.29) is 29.5 Å². The first-order valence-corrected chi connectivity index (χ1v) is 15.4. The molecule has 4 rings (SSSR count). The van der Waals surface area contributed by atoms with Crippen LogP contribution in [-0.2, 0) is 26.6 Å². The summed E-state index contributed by atoms with van der Waals surface area (Å²) < 4.78 is 57.3. The number of rotatable bonds is 6. The number of sulfonamides is 2. The molecule has 0 aliphatic carbocycles. The molecule has 0 N–H and O–H groups in total. The van der Waals surface area contributed by atoms with E-state index in [0.717, 1.165) is 30.8 Å². The number of hydrogen-bond donors (Lipinski definition) is 0. The topological polar surface area (TPSA) is 78.0 Å². The van der Waals surface area contributed by atoms with Crippen molar-refractivity contribution >= 4 is 20.0 Å². The SMILES string of the molecule is Cc1ccc(S(=O)(=O)N2CCCN(Cc3ccccc3)CCCN(S(=O)(=O)c3ccc(C)cc3)C2)cc1. The quantitative estimate of drug-likeness (QED) is 0.467. The summed E-state index contributed by atoms with van der Waals surface area (Å²) in [5.41, 5.74) is 3.09. The van der Waals surface area contributed by atoms with Crippen LogP contribution in [0.5, 0.6) is 0 Å². The molecule has 0 spiro atoms. The Labute approximate surface area is 221 Å². The number of aryl methyl sites for hydroxylation is 2. The average Bonchev–Trinajstić information content (AvgIpc) is 2.88. The zero-order chi connectivity index (χ0) is 26.5. The van der Waals surface area contributed by atoms with E-state index in [1.54, 1.807) is 48.5 Å². The van der Waals surface area contributed by atoms with Gasteiger partial charge in [0, 0.05) is 19.6 Å². The van der Waals surface area contributed by atoms with Crippen LogP contribution in [-0.4, -0.2) is 63.2 Å². The lowest BCUT2D eigenvalue weighted by atomic mass is 10.2. The monoisotopic (exact) mass is 541 g/mol. The molecule has 0 radical (unpaired) electrons. The molecule has 9 heteroatoms. The lowest BCUT2D eigenvalue weighted by Gasteiger charge is -2.33. The van der Waals surface area contributed by atoms with Crippen LogP contribution in [0.3, 0.4) is 0 Å². The van der Waals surface area contributed by atoms with Crippen LogP contribution in [0, 0.1) is 13.8 Å². The Balaban J connectivity index is 1.65. The molecule has 1 heterocycles. The fourth-order valence-corrected chi connectivity index (χ4v) is 7.43. The third kappa shape index (κ3) is 6.86. The van der Waals surface area contributed by atoms with Gasteiger partial charge in [-0.3, -0.25) is 4.90 Å². The standard InChI is InChI=1S/C28H35N3O4S2/c1-24-10-14-27(15-11-24)36(32,33)30-20-6-18-29(22-26-8-4-3-5-9-26)19-7-21-31(23-30)37(34,35)28-16-12-25(2)13-17-28/h3-5,8-17H,6-7,18-23H2,1-2H3. The van der Waals surface area contributed by atoms with E-state index in [1.807, 2.05) is 32.0 Å². The van der Waals surface area contributed by atoms with Crippen molar-refractivity contribution in [2.45, 2.75) is 43.0 Å². The molecule has 7 nitrogen and oxygen atoms in total. The number of benzene rings is 3. The Morgan fingerprint density at radius 2 is 1.03 bits per heavy atom. The molecule has 1 fully saturated rings. The maximum atomic E-state index is 13.7. The Hall–Kier alpha value is -2.56. The molecule has 0 amide bonds. The maximum Gasteiger partial charge on any atom is 0.244 e. The Morgan fingerprint density at radius 1 is 0.595 bits per heavy atom. The molecule has 3 aromatic carbocycles. The van der Waals surface area contributed by atoms with Gasteiger partial charge in [0.2, 0.25) is 20.0 Å². The van der Waals surface area contributed by atoms with E-state index in [4.69, 9.17) is 0 Å². The molecule has 0 bridgehead atoms. The van der Waals surface area contributed by atoms with Crippen molar-refractivity contribution < 1.29 is 16.8 Å².